The summed E-state index contributed by atoms with van der Waals surface area (Å²) in [5.41, 5.74) is 0.831. The summed E-state index contributed by atoms with van der Waals surface area (Å²) in [6, 6.07) is 11.2. The van der Waals surface area contributed by atoms with E-state index < -0.39 is 6.23 Å². The van der Waals surface area contributed by atoms with Gasteiger partial charge in [0.15, 0.2) is 5.76 Å². The normalized spacial score (nSPS) is 17.8. The second kappa shape index (κ2) is 5.28. The topological polar surface area (TPSA) is 55.0 Å². The quantitative estimate of drug-likeness (QED) is 0.751. The highest BCUT2D eigenvalue weighted by Crippen LogP contribution is 2.30. The molecule has 0 fully saturated rings. The van der Waals surface area contributed by atoms with Crippen LogP contribution in [0.25, 0.3) is 0 Å². The molecule has 20 heavy (non-hydrogen) atoms. The predicted molar refractivity (Wildman–Crippen MR) is 80.8 cm³/mol. The molecule has 1 aromatic heterocycles. The van der Waals surface area contributed by atoms with E-state index in [0.29, 0.717) is 11.7 Å². The average Bonchev–Trinajstić information content (AvgIpc) is 3.08. The molecule has 1 aliphatic rings. The third kappa shape index (κ3) is 2.43. The molecular weight excluding hydrogens is 371 g/mol. The lowest BCUT2D eigenvalue weighted by atomic mass is 10.2. The molecule has 0 N–H and O–H groups in total. The van der Waals surface area contributed by atoms with Gasteiger partial charge in [-0.1, -0.05) is 6.07 Å². The van der Waals surface area contributed by atoms with Crippen LogP contribution in [0.3, 0.4) is 0 Å². The highest BCUT2D eigenvalue weighted by atomic mass is 127. The molecular formula is C14H11IN2O3. The van der Waals surface area contributed by atoms with Gasteiger partial charge < -0.3 is 9.15 Å². The lowest BCUT2D eigenvalue weighted by Crippen LogP contribution is -2.24. The monoisotopic (exact) mass is 382 g/mol. The van der Waals surface area contributed by atoms with E-state index in [2.05, 4.69) is 27.7 Å². The van der Waals surface area contributed by atoms with Crippen LogP contribution in [0.2, 0.25) is 0 Å². The number of carbonyl (C=O) groups is 1. The molecule has 0 radical (unpaired) electrons. The third-order valence-electron chi connectivity index (χ3n) is 2.82. The molecule has 2 aromatic rings. The van der Waals surface area contributed by atoms with Crippen molar-refractivity contribution in [1.82, 2.24) is 5.01 Å². The van der Waals surface area contributed by atoms with Crippen molar-refractivity contribution in [3.05, 3.63) is 57.6 Å². The Morgan fingerprint density at radius 3 is 2.85 bits per heavy atom. The highest BCUT2D eigenvalue weighted by Gasteiger charge is 2.34. The molecule has 1 aliphatic heterocycles. The number of hydrogen-bond acceptors (Lipinski definition) is 4. The van der Waals surface area contributed by atoms with Gasteiger partial charge in [0.05, 0.1) is 6.26 Å². The van der Waals surface area contributed by atoms with Crippen LogP contribution in [0.4, 0.5) is 0 Å². The van der Waals surface area contributed by atoms with E-state index in [-0.39, 0.29) is 5.91 Å². The summed E-state index contributed by atoms with van der Waals surface area (Å²) in [4.78, 5) is 11.7. The van der Waals surface area contributed by atoms with Crippen LogP contribution in [-0.4, -0.2) is 16.8 Å². The predicted octanol–water partition coefficient (Wildman–Crippen LogP) is 3.12. The third-order valence-corrected chi connectivity index (χ3v) is 3.50. The molecule has 1 aromatic carbocycles. The number of benzene rings is 1. The van der Waals surface area contributed by atoms with Crippen LogP contribution in [0, 0.1) is 3.57 Å². The Balaban J connectivity index is 1.95. The van der Waals surface area contributed by atoms with E-state index >= 15 is 0 Å². The Morgan fingerprint density at radius 1 is 1.35 bits per heavy atom. The minimum Gasteiger partial charge on any atom is -0.463 e. The van der Waals surface area contributed by atoms with Crippen LogP contribution >= 0.6 is 22.6 Å². The van der Waals surface area contributed by atoms with Gasteiger partial charge in [0.1, 0.15) is 0 Å². The van der Waals surface area contributed by atoms with Crippen LogP contribution in [-0.2, 0) is 9.53 Å². The summed E-state index contributed by atoms with van der Waals surface area (Å²) in [5, 5.41) is 5.54. The second-order valence-electron chi connectivity index (χ2n) is 4.26. The summed E-state index contributed by atoms with van der Waals surface area (Å²) in [6.45, 7) is 1.44. The van der Waals surface area contributed by atoms with Gasteiger partial charge in [0.2, 0.25) is 11.8 Å². The molecule has 0 aliphatic carbocycles. The zero-order chi connectivity index (χ0) is 14.1. The van der Waals surface area contributed by atoms with Crippen molar-refractivity contribution in [2.24, 2.45) is 5.10 Å². The molecule has 3 rings (SSSR count). The minimum atomic E-state index is -0.643. The molecule has 0 saturated carbocycles. The summed E-state index contributed by atoms with van der Waals surface area (Å²) in [7, 11) is 0. The van der Waals surface area contributed by atoms with E-state index in [4.69, 9.17) is 9.15 Å². The van der Waals surface area contributed by atoms with E-state index in [1.54, 1.807) is 18.4 Å². The Kier molecular flexibility index (Phi) is 3.47. The van der Waals surface area contributed by atoms with Gasteiger partial charge in [0, 0.05) is 16.1 Å². The maximum Gasteiger partial charge on any atom is 0.254 e. The zero-order valence-electron chi connectivity index (χ0n) is 10.6. The minimum absolute atomic E-state index is 0.202. The molecule has 1 amide bonds. The van der Waals surface area contributed by atoms with Gasteiger partial charge in [-0.15, -0.1) is 5.10 Å². The average molecular weight is 382 g/mol. The molecule has 102 valence electrons. The lowest BCUT2D eigenvalue weighted by Gasteiger charge is -2.16. The molecule has 1 unspecified atom stereocenters. The first-order valence-electron chi connectivity index (χ1n) is 5.99. The van der Waals surface area contributed by atoms with Crippen LogP contribution < -0.4 is 0 Å². The Labute approximate surface area is 129 Å². The maximum atomic E-state index is 11.7. The fourth-order valence-electron chi connectivity index (χ4n) is 1.92. The Morgan fingerprint density at radius 2 is 2.20 bits per heavy atom. The number of halogens is 1. The fraction of sp³-hybridized carbons (Fsp3) is 0.143. The number of furan rings is 1. The van der Waals surface area contributed by atoms with Crippen molar-refractivity contribution < 1.29 is 13.9 Å². The van der Waals surface area contributed by atoms with Crippen LogP contribution in [0.5, 0.6) is 0 Å². The smallest absolute Gasteiger partial charge is 0.254 e. The first-order chi connectivity index (χ1) is 9.65. The van der Waals surface area contributed by atoms with E-state index in [0.717, 1.165) is 9.13 Å². The highest BCUT2D eigenvalue weighted by molar-refractivity contribution is 14.1. The van der Waals surface area contributed by atoms with Gasteiger partial charge in [-0.2, -0.15) is 5.01 Å². The van der Waals surface area contributed by atoms with E-state index in [1.807, 2.05) is 24.3 Å². The number of hydrazone groups is 1. The lowest BCUT2D eigenvalue weighted by molar-refractivity contribution is -0.136. The molecule has 6 heteroatoms. The number of carbonyl (C=O) groups excluding carboxylic acids is 1. The summed E-state index contributed by atoms with van der Waals surface area (Å²) in [5.74, 6) is 0.761. The molecule has 1 atom stereocenters. The van der Waals surface area contributed by atoms with E-state index in [1.165, 1.54) is 11.9 Å². The van der Waals surface area contributed by atoms with Crippen molar-refractivity contribution in [2.75, 3.05) is 0 Å². The van der Waals surface area contributed by atoms with Crippen molar-refractivity contribution >= 4 is 34.4 Å². The largest absolute Gasteiger partial charge is 0.463 e. The van der Waals surface area contributed by atoms with Crippen molar-refractivity contribution in [2.45, 2.75) is 13.2 Å². The summed E-state index contributed by atoms with van der Waals surface area (Å²) >= 11 is 2.22. The van der Waals surface area contributed by atoms with Gasteiger partial charge in [-0.3, -0.25) is 4.79 Å². The summed E-state index contributed by atoms with van der Waals surface area (Å²) in [6.07, 6.45) is 0.899. The van der Waals surface area contributed by atoms with Gasteiger partial charge in [-0.25, -0.2) is 0 Å². The van der Waals surface area contributed by atoms with Crippen molar-refractivity contribution in [1.29, 1.82) is 0 Å². The second-order valence-corrected chi connectivity index (χ2v) is 5.51. The molecule has 0 saturated heterocycles. The molecule has 5 nitrogen and oxygen atoms in total. The Hall–Kier alpha value is -1.83. The molecule has 0 bridgehead atoms. The van der Waals surface area contributed by atoms with Crippen molar-refractivity contribution in [3.63, 3.8) is 0 Å². The zero-order valence-corrected chi connectivity index (χ0v) is 12.8. The van der Waals surface area contributed by atoms with Crippen LogP contribution in [0.15, 0.2) is 52.2 Å². The molecule has 0 spiro atoms. The fourth-order valence-corrected chi connectivity index (χ4v) is 2.47. The van der Waals surface area contributed by atoms with Gasteiger partial charge in [0.25, 0.3) is 6.23 Å². The number of rotatable bonds is 2. The van der Waals surface area contributed by atoms with Gasteiger partial charge >= 0.3 is 0 Å². The van der Waals surface area contributed by atoms with Crippen LogP contribution in [0.1, 0.15) is 24.5 Å². The maximum absolute atomic E-state index is 11.7. The first kappa shape index (κ1) is 13.2. The van der Waals surface area contributed by atoms with E-state index in [9.17, 15) is 4.79 Å². The number of nitrogens with zero attached hydrogens (tertiary/aromatic N) is 2. The van der Waals surface area contributed by atoms with Gasteiger partial charge in [-0.05, 0) is 52.9 Å². The standard InChI is InChI=1S/C14H11IN2O3/c1-9(18)17-14(12-6-3-7-19-12)20-13(16-17)10-4-2-5-11(15)8-10/h2-8,14H,1H3. The summed E-state index contributed by atoms with van der Waals surface area (Å²) < 4.78 is 12.2. The number of ether oxygens (including phenoxy) is 1. The van der Waals surface area contributed by atoms with Crippen molar-refractivity contribution in [3.8, 4) is 0 Å². The SMILES string of the molecule is CC(=O)N1N=C(c2cccc(I)c2)OC1c1ccco1. The Bertz CT molecular complexity index is 667. The number of amides is 1. The molecule has 2 heterocycles. The number of hydrogen-bond donors (Lipinski definition) is 0. The first-order valence-corrected chi connectivity index (χ1v) is 7.07.